The number of aromatic nitrogens is 3. The Bertz CT molecular complexity index is 1610. The molecule has 0 fully saturated rings. The summed E-state index contributed by atoms with van der Waals surface area (Å²) in [5, 5.41) is 32.2. The number of rotatable bonds is 9. The molecule has 4 aromatic rings. The van der Waals surface area contributed by atoms with E-state index in [2.05, 4.69) is 26.0 Å². The predicted molar refractivity (Wildman–Crippen MR) is 133 cm³/mol. The van der Waals surface area contributed by atoms with Crippen molar-refractivity contribution >= 4 is 38.9 Å². The van der Waals surface area contributed by atoms with E-state index in [4.69, 9.17) is 14.6 Å². The highest BCUT2D eigenvalue weighted by Gasteiger charge is 2.19. The van der Waals surface area contributed by atoms with Gasteiger partial charge in [-0.05, 0) is 57.9 Å². The summed E-state index contributed by atoms with van der Waals surface area (Å²) in [6, 6.07) is 14.7. The number of ether oxygens (including phenoxy) is 2. The van der Waals surface area contributed by atoms with Crippen LogP contribution in [-0.2, 0) is 27.5 Å². The number of pyridine rings is 1. The highest BCUT2D eigenvalue weighted by Crippen LogP contribution is 2.36. The van der Waals surface area contributed by atoms with E-state index >= 15 is 4.39 Å². The molecule has 0 radical (unpaired) electrons. The zero-order valence-corrected chi connectivity index (χ0v) is 21.1. The van der Waals surface area contributed by atoms with Crippen LogP contribution in [0.25, 0.3) is 11.0 Å². The minimum atomic E-state index is -1.11. The van der Waals surface area contributed by atoms with Crippen molar-refractivity contribution in [1.29, 1.82) is 10.5 Å². The minimum Gasteiger partial charge on any atom is -0.481 e. The standard InChI is InChI=1S/C26H17BrFN5O5/c27-20-4-3-17(24(28)25(20)38-18-9-15(12-29)8-16(10-18)13-30)11-21-19-2-1-7-31-26(19)33(32-21)14-37-23(36)6-5-22(34)35/h1-4,7-10H,5-6,11,14H2,(H,34,35). The molecular formula is C26H17BrFN5O5. The molecule has 0 saturated carbocycles. The number of benzene rings is 2. The number of hydrogen-bond donors (Lipinski definition) is 1. The number of fused-ring (bicyclic) bond motifs is 1. The molecule has 190 valence electrons. The second kappa shape index (κ2) is 11.5. The fourth-order valence-corrected chi connectivity index (χ4v) is 3.99. The molecule has 0 aliphatic heterocycles. The molecule has 2 heterocycles. The topological polar surface area (TPSA) is 151 Å². The molecule has 2 aromatic carbocycles. The van der Waals surface area contributed by atoms with Crippen molar-refractivity contribution in [2.24, 2.45) is 0 Å². The third-order valence-corrected chi connectivity index (χ3v) is 5.97. The molecule has 0 aliphatic carbocycles. The Morgan fingerprint density at radius 2 is 1.84 bits per heavy atom. The van der Waals surface area contributed by atoms with Gasteiger partial charge >= 0.3 is 11.9 Å². The molecule has 0 saturated heterocycles. The summed E-state index contributed by atoms with van der Waals surface area (Å²) in [7, 11) is 0. The first-order valence-electron chi connectivity index (χ1n) is 11.1. The van der Waals surface area contributed by atoms with Gasteiger partial charge in [0.25, 0.3) is 0 Å². The van der Waals surface area contributed by atoms with Gasteiger partial charge in [-0.15, -0.1) is 0 Å². The van der Waals surface area contributed by atoms with Crippen LogP contribution in [0.2, 0.25) is 0 Å². The van der Waals surface area contributed by atoms with E-state index in [0.717, 1.165) is 0 Å². The number of halogens is 2. The van der Waals surface area contributed by atoms with Crippen LogP contribution in [0, 0.1) is 28.5 Å². The van der Waals surface area contributed by atoms with Crippen LogP contribution < -0.4 is 4.74 Å². The van der Waals surface area contributed by atoms with Crippen LogP contribution in [0.5, 0.6) is 11.5 Å². The Morgan fingerprint density at radius 1 is 1.11 bits per heavy atom. The maximum Gasteiger partial charge on any atom is 0.308 e. The zero-order chi connectivity index (χ0) is 27.2. The molecule has 0 aliphatic rings. The summed E-state index contributed by atoms with van der Waals surface area (Å²) in [4.78, 5) is 26.8. The molecule has 1 N–H and O–H groups in total. The van der Waals surface area contributed by atoms with Gasteiger partial charge in [-0.2, -0.15) is 15.6 Å². The number of carboxylic acids is 1. The van der Waals surface area contributed by atoms with Crippen LogP contribution in [0.15, 0.2) is 53.1 Å². The Kier molecular flexibility index (Phi) is 7.94. The van der Waals surface area contributed by atoms with Crippen molar-refractivity contribution < 1.29 is 28.6 Å². The Hall–Kier alpha value is -4.81. The van der Waals surface area contributed by atoms with Crippen molar-refractivity contribution in [3.8, 4) is 23.6 Å². The van der Waals surface area contributed by atoms with Crippen LogP contribution in [0.3, 0.4) is 0 Å². The molecule has 12 heteroatoms. The van der Waals surface area contributed by atoms with Crippen molar-refractivity contribution in [3.63, 3.8) is 0 Å². The summed E-state index contributed by atoms with van der Waals surface area (Å²) in [5.74, 6) is -2.49. The molecule has 38 heavy (non-hydrogen) atoms. The lowest BCUT2D eigenvalue weighted by Crippen LogP contribution is -2.12. The van der Waals surface area contributed by atoms with E-state index in [1.54, 1.807) is 24.3 Å². The SMILES string of the molecule is N#Cc1cc(C#N)cc(Oc2c(Br)ccc(Cc3nn(COC(=O)CCC(=O)O)c4ncccc34)c2F)c1. The van der Waals surface area contributed by atoms with Gasteiger partial charge in [-0.3, -0.25) is 9.59 Å². The van der Waals surface area contributed by atoms with Gasteiger partial charge in [0, 0.05) is 18.0 Å². The van der Waals surface area contributed by atoms with Crippen molar-refractivity contribution in [1.82, 2.24) is 14.8 Å². The quantitative estimate of drug-likeness (QED) is 0.276. The molecule has 4 rings (SSSR count). The van der Waals surface area contributed by atoms with E-state index in [1.165, 1.54) is 29.1 Å². The zero-order valence-electron chi connectivity index (χ0n) is 19.5. The van der Waals surface area contributed by atoms with E-state index in [-0.39, 0.29) is 54.2 Å². The van der Waals surface area contributed by atoms with Crippen LogP contribution in [-0.4, -0.2) is 31.8 Å². The highest BCUT2D eigenvalue weighted by molar-refractivity contribution is 9.10. The van der Waals surface area contributed by atoms with Crippen molar-refractivity contribution in [3.05, 3.63) is 81.3 Å². The third kappa shape index (κ3) is 5.94. The maximum atomic E-state index is 15.6. The summed E-state index contributed by atoms with van der Waals surface area (Å²) >= 11 is 3.28. The van der Waals surface area contributed by atoms with Crippen LogP contribution >= 0.6 is 15.9 Å². The van der Waals surface area contributed by atoms with E-state index in [9.17, 15) is 20.1 Å². The first-order chi connectivity index (χ1) is 18.3. The number of carbonyl (C=O) groups is 2. The van der Waals surface area contributed by atoms with E-state index in [0.29, 0.717) is 21.2 Å². The summed E-state index contributed by atoms with van der Waals surface area (Å²) in [6.45, 7) is -0.292. The largest absolute Gasteiger partial charge is 0.481 e. The van der Waals surface area contributed by atoms with Gasteiger partial charge < -0.3 is 14.6 Å². The summed E-state index contributed by atoms with van der Waals surface area (Å²) in [5.41, 5.74) is 1.49. The predicted octanol–water partition coefficient (Wildman–Crippen LogP) is 4.82. The average Bonchev–Trinajstić information content (AvgIpc) is 3.27. The fraction of sp³-hybridized carbons (Fsp3) is 0.154. The van der Waals surface area contributed by atoms with Crippen LogP contribution in [0.1, 0.15) is 35.2 Å². The normalized spacial score (nSPS) is 10.5. The lowest BCUT2D eigenvalue weighted by Gasteiger charge is -2.12. The Labute approximate surface area is 223 Å². The van der Waals surface area contributed by atoms with E-state index < -0.39 is 17.8 Å². The number of hydrogen-bond acceptors (Lipinski definition) is 8. The van der Waals surface area contributed by atoms with Gasteiger partial charge in [0.15, 0.2) is 23.9 Å². The van der Waals surface area contributed by atoms with E-state index in [1.807, 2.05) is 12.1 Å². The lowest BCUT2D eigenvalue weighted by atomic mass is 10.1. The van der Waals surface area contributed by atoms with Crippen LogP contribution in [0.4, 0.5) is 4.39 Å². The number of esters is 1. The van der Waals surface area contributed by atoms with Gasteiger partial charge in [0.1, 0.15) is 5.75 Å². The molecule has 10 nitrogen and oxygen atoms in total. The van der Waals surface area contributed by atoms with Crippen molar-refractivity contribution in [2.75, 3.05) is 0 Å². The molecule has 0 spiro atoms. The molecule has 0 atom stereocenters. The van der Waals surface area contributed by atoms with Gasteiger partial charge in [0.05, 0.1) is 46.3 Å². The summed E-state index contributed by atoms with van der Waals surface area (Å²) in [6.07, 6.45) is 0.940. The summed E-state index contributed by atoms with van der Waals surface area (Å²) < 4.78 is 28.2. The van der Waals surface area contributed by atoms with Gasteiger partial charge in [-0.25, -0.2) is 14.1 Å². The second-order valence-corrected chi connectivity index (χ2v) is 8.81. The van der Waals surface area contributed by atoms with Gasteiger partial charge in [0.2, 0.25) is 0 Å². The fourth-order valence-electron chi connectivity index (χ4n) is 3.60. The highest BCUT2D eigenvalue weighted by atomic mass is 79.9. The molecular weight excluding hydrogens is 561 g/mol. The van der Waals surface area contributed by atoms with Crippen molar-refractivity contribution in [2.45, 2.75) is 26.0 Å². The minimum absolute atomic E-state index is 0.0410. The maximum absolute atomic E-state index is 15.6. The Morgan fingerprint density at radius 3 is 2.53 bits per heavy atom. The smallest absolute Gasteiger partial charge is 0.308 e. The average molecular weight is 578 g/mol. The lowest BCUT2D eigenvalue weighted by molar-refractivity contribution is -0.150. The first kappa shape index (κ1) is 26.3. The number of nitriles is 2. The second-order valence-electron chi connectivity index (χ2n) is 7.96. The third-order valence-electron chi connectivity index (χ3n) is 5.35. The molecule has 0 bridgehead atoms. The number of nitrogens with zero attached hydrogens (tertiary/aromatic N) is 5. The number of carbonyl (C=O) groups excluding carboxylic acids is 1. The number of carboxylic acid groups (broad SMARTS) is 1. The number of aliphatic carboxylic acids is 1. The monoisotopic (exact) mass is 577 g/mol. The molecule has 0 amide bonds. The van der Waals surface area contributed by atoms with Gasteiger partial charge in [-0.1, -0.05) is 6.07 Å². The first-order valence-corrected chi connectivity index (χ1v) is 11.9. The molecule has 0 unspecified atom stereocenters. The molecule has 2 aromatic heterocycles. The Balaban J connectivity index is 1.61.